The fraction of sp³-hybridized carbons (Fsp3) is 1.00. The normalized spacial score (nSPS) is 26.4. The molecule has 0 aromatic carbocycles. The Morgan fingerprint density at radius 2 is 1.93 bits per heavy atom. The van der Waals surface area contributed by atoms with Gasteiger partial charge in [0.25, 0.3) is 0 Å². The molecule has 1 aliphatic carbocycles. The molecular formula is C13H28N2. The van der Waals surface area contributed by atoms with E-state index in [-0.39, 0.29) is 0 Å². The van der Waals surface area contributed by atoms with Gasteiger partial charge in [0.1, 0.15) is 0 Å². The van der Waals surface area contributed by atoms with E-state index < -0.39 is 0 Å². The highest BCUT2D eigenvalue weighted by atomic mass is 15.1. The van der Waals surface area contributed by atoms with Crippen molar-refractivity contribution in [2.24, 2.45) is 5.92 Å². The fourth-order valence-electron chi connectivity index (χ4n) is 2.58. The fourth-order valence-corrected chi connectivity index (χ4v) is 2.58. The van der Waals surface area contributed by atoms with Gasteiger partial charge >= 0.3 is 0 Å². The third-order valence-electron chi connectivity index (χ3n) is 3.81. The van der Waals surface area contributed by atoms with Gasteiger partial charge in [-0.15, -0.1) is 0 Å². The summed E-state index contributed by atoms with van der Waals surface area (Å²) in [4.78, 5) is 2.50. The molecule has 1 rings (SSSR count). The largest absolute Gasteiger partial charge is 0.314 e. The number of nitrogens with zero attached hydrogens (tertiary/aromatic N) is 1. The van der Waals surface area contributed by atoms with Crippen LogP contribution in [0, 0.1) is 5.92 Å². The molecule has 0 bridgehead atoms. The molecule has 15 heavy (non-hydrogen) atoms. The van der Waals surface area contributed by atoms with Gasteiger partial charge in [-0.05, 0) is 51.4 Å². The summed E-state index contributed by atoms with van der Waals surface area (Å²) < 4.78 is 0. The Bertz CT molecular complexity index is 155. The number of hydrogen-bond acceptors (Lipinski definition) is 2. The van der Waals surface area contributed by atoms with Crippen LogP contribution in [0.1, 0.15) is 46.5 Å². The van der Waals surface area contributed by atoms with Crippen molar-refractivity contribution in [3.8, 4) is 0 Å². The molecule has 0 radical (unpaired) electrons. The molecule has 0 aromatic heterocycles. The van der Waals surface area contributed by atoms with E-state index >= 15 is 0 Å². The van der Waals surface area contributed by atoms with Crippen molar-refractivity contribution in [1.29, 1.82) is 0 Å². The van der Waals surface area contributed by atoms with Crippen LogP contribution in [0.15, 0.2) is 0 Å². The van der Waals surface area contributed by atoms with Gasteiger partial charge in [0.15, 0.2) is 0 Å². The minimum Gasteiger partial charge on any atom is -0.314 e. The maximum atomic E-state index is 3.71. The molecular weight excluding hydrogens is 184 g/mol. The Balaban J connectivity index is 2.01. The predicted molar refractivity (Wildman–Crippen MR) is 67.2 cm³/mol. The second kappa shape index (κ2) is 7.24. The predicted octanol–water partition coefficient (Wildman–Crippen LogP) is 2.50. The van der Waals surface area contributed by atoms with Gasteiger partial charge in [0.2, 0.25) is 0 Å². The smallest absolute Gasteiger partial charge is 0.00927 e. The molecule has 0 unspecified atom stereocenters. The van der Waals surface area contributed by atoms with Crippen molar-refractivity contribution in [3.05, 3.63) is 0 Å². The van der Waals surface area contributed by atoms with Crippen LogP contribution in [-0.4, -0.2) is 37.1 Å². The first-order valence-corrected chi connectivity index (χ1v) is 6.73. The number of rotatable bonds is 7. The maximum Gasteiger partial charge on any atom is 0.00927 e. The van der Waals surface area contributed by atoms with Gasteiger partial charge in [-0.2, -0.15) is 0 Å². The van der Waals surface area contributed by atoms with Crippen LogP contribution in [0.4, 0.5) is 0 Å². The Morgan fingerprint density at radius 3 is 2.47 bits per heavy atom. The maximum absolute atomic E-state index is 3.71. The summed E-state index contributed by atoms with van der Waals surface area (Å²) in [6.07, 6.45) is 5.54. The first kappa shape index (κ1) is 13.0. The average Bonchev–Trinajstić information content (AvgIpc) is 2.65. The molecule has 0 aliphatic heterocycles. The molecule has 1 saturated carbocycles. The highest BCUT2D eigenvalue weighted by Gasteiger charge is 2.21. The van der Waals surface area contributed by atoms with E-state index in [9.17, 15) is 0 Å². The summed E-state index contributed by atoms with van der Waals surface area (Å²) >= 11 is 0. The zero-order chi connectivity index (χ0) is 11.1. The van der Waals surface area contributed by atoms with Crippen LogP contribution >= 0.6 is 0 Å². The molecule has 1 N–H and O–H groups in total. The third kappa shape index (κ3) is 4.52. The van der Waals surface area contributed by atoms with Gasteiger partial charge in [-0.1, -0.05) is 27.2 Å². The summed E-state index contributed by atoms with van der Waals surface area (Å²) in [5.74, 6) is 0.901. The van der Waals surface area contributed by atoms with E-state index in [2.05, 4.69) is 31.0 Å². The Morgan fingerprint density at radius 1 is 1.20 bits per heavy atom. The molecule has 90 valence electrons. The highest BCUT2D eigenvalue weighted by molar-refractivity contribution is 4.79. The zero-order valence-corrected chi connectivity index (χ0v) is 10.8. The molecule has 1 aliphatic rings. The van der Waals surface area contributed by atoms with E-state index in [1.807, 2.05) is 0 Å². The second-order valence-electron chi connectivity index (χ2n) is 4.85. The van der Waals surface area contributed by atoms with E-state index in [0.717, 1.165) is 12.0 Å². The first-order valence-electron chi connectivity index (χ1n) is 6.73. The van der Waals surface area contributed by atoms with Gasteiger partial charge in [0, 0.05) is 6.04 Å². The third-order valence-corrected chi connectivity index (χ3v) is 3.81. The summed E-state index contributed by atoms with van der Waals surface area (Å²) in [6.45, 7) is 11.7. The summed E-state index contributed by atoms with van der Waals surface area (Å²) in [5.41, 5.74) is 0. The van der Waals surface area contributed by atoms with E-state index in [1.165, 1.54) is 51.9 Å². The zero-order valence-electron chi connectivity index (χ0n) is 10.8. The lowest BCUT2D eigenvalue weighted by Gasteiger charge is -2.20. The van der Waals surface area contributed by atoms with Gasteiger partial charge < -0.3 is 10.2 Å². The average molecular weight is 212 g/mol. The van der Waals surface area contributed by atoms with Crippen molar-refractivity contribution < 1.29 is 0 Å². The number of hydrogen-bond donors (Lipinski definition) is 1. The van der Waals surface area contributed by atoms with Crippen LogP contribution in [-0.2, 0) is 0 Å². The van der Waals surface area contributed by atoms with Crippen molar-refractivity contribution in [1.82, 2.24) is 10.2 Å². The standard InChI is InChI=1S/C13H28N2/c1-4-15(5-2)11-7-10-14-13-9-6-8-12(13)3/h12-14H,4-11H2,1-3H3/t12-,13-/m0/s1. The lowest BCUT2D eigenvalue weighted by atomic mass is 10.1. The summed E-state index contributed by atoms with van der Waals surface area (Å²) in [6, 6.07) is 0.807. The molecule has 2 heteroatoms. The van der Waals surface area contributed by atoms with Crippen molar-refractivity contribution in [2.75, 3.05) is 26.2 Å². The van der Waals surface area contributed by atoms with Crippen LogP contribution in [0.3, 0.4) is 0 Å². The van der Waals surface area contributed by atoms with E-state index in [0.29, 0.717) is 0 Å². The molecule has 1 fully saturated rings. The van der Waals surface area contributed by atoms with Gasteiger partial charge in [0.05, 0.1) is 0 Å². The lowest BCUT2D eigenvalue weighted by Crippen LogP contribution is -2.34. The molecule has 0 aromatic rings. The molecule has 2 atom stereocenters. The van der Waals surface area contributed by atoms with Crippen molar-refractivity contribution >= 4 is 0 Å². The highest BCUT2D eigenvalue weighted by Crippen LogP contribution is 2.24. The minimum absolute atomic E-state index is 0.807. The van der Waals surface area contributed by atoms with Crippen LogP contribution in [0.2, 0.25) is 0 Å². The first-order chi connectivity index (χ1) is 7.27. The second-order valence-corrected chi connectivity index (χ2v) is 4.85. The minimum atomic E-state index is 0.807. The molecule has 0 amide bonds. The van der Waals surface area contributed by atoms with Gasteiger partial charge in [-0.25, -0.2) is 0 Å². The number of nitrogens with one attached hydrogen (secondary N) is 1. The Hall–Kier alpha value is -0.0800. The molecule has 0 saturated heterocycles. The van der Waals surface area contributed by atoms with E-state index in [1.54, 1.807) is 0 Å². The van der Waals surface area contributed by atoms with Crippen LogP contribution in [0.25, 0.3) is 0 Å². The monoisotopic (exact) mass is 212 g/mol. The van der Waals surface area contributed by atoms with Crippen molar-refractivity contribution in [3.63, 3.8) is 0 Å². The van der Waals surface area contributed by atoms with E-state index in [4.69, 9.17) is 0 Å². The molecule has 2 nitrogen and oxygen atoms in total. The van der Waals surface area contributed by atoms with Crippen molar-refractivity contribution in [2.45, 2.75) is 52.5 Å². The lowest BCUT2D eigenvalue weighted by molar-refractivity contribution is 0.293. The summed E-state index contributed by atoms with van der Waals surface area (Å²) in [5, 5.41) is 3.71. The topological polar surface area (TPSA) is 15.3 Å². The summed E-state index contributed by atoms with van der Waals surface area (Å²) in [7, 11) is 0. The molecule has 0 heterocycles. The molecule has 0 spiro atoms. The Kier molecular flexibility index (Phi) is 6.26. The Labute approximate surface area is 95.4 Å². The van der Waals surface area contributed by atoms with Crippen LogP contribution < -0.4 is 5.32 Å². The van der Waals surface area contributed by atoms with Gasteiger partial charge in [-0.3, -0.25) is 0 Å². The SMILES string of the molecule is CCN(CC)CCCN[C@H]1CCC[C@@H]1C. The van der Waals surface area contributed by atoms with Crippen LogP contribution in [0.5, 0.6) is 0 Å². The quantitative estimate of drug-likeness (QED) is 0.652.